The number of anilines is 2. The number of amidine groups is 1. The van der Waals surface area contributed by atoms with E-state index in [1.165, 1.54) is 18.2 Å². The second-order valence-electron chi connectivity index (χ2n) is 8.73. The van der Waals surface area contributed by atoms with Gasteiger partial charge in [0.2, 0.25) is 0 Å². The summed E-state index contributed by atoms with van der Waals surface area (Å²) in [7, 11) is 5.46. The number of aliphatic imine (C=N–C) groups is 1. The number of hydrogen-bond donors (Lipinski definition) is 1. The molecule has 6 nitrogen and oxygen atoms in total. The molecule has 0 bridgehead atoms. The van der Waals surface area contributed by atoms with Crippen molar-refractivity contribution in [1.82, 2.24) is 4.90 Å². The maximum absolute atomic E-state index is 15.1. The van der Waals surface area contributed by atoms with Crippen molar-refractivity contribution in [3.05, 3.63) is 92.7 Å². The molecule has 0 fully saturated rings. The lowest BCUT2D eigenvalue weighted by Crippen LogP contribution is -2.24. The molecular formula is C27H25Cl2FN4O2. The number of nitrogens with one attached hydrogen (secondary N) is 1. The van der Waals surface area contributed by atoms with E-state index in [1.54, 1.807) is 55.4 Å². The first kappa shape index (κ1) is 25.7. The van der Waals surface area contributed by atoms with E-state index in [1.807, 2.05) is 11.9 Å². The van der Waals surface area contributed by atoms with Crippen LogP contribution in [0.1, 0.15) is 31.8 Å². The summed E-state index contributed by atoms with van der Waals surface area (Å²) in [5.41, 5.74) is 2.37. The molecule has 186 valence electrons. The Labute approximate surface area is 219 Å². The number of nitrogens with zero attached hydrogens (tertiary/aromatic N) is 3. The van der Waals surface area contributed by atoms with Gasteiger partial charge in [0.05, 0.1) is 12.1 Å². The molecule has 3 aromatic rings. The van der Waals surface area contributed by atoms with Gasteiger partial charge in [0.1, 0.15) is 11.7 Å². The van der Waals surface area contributed by atoms with E-state index in [0.29, 0.717) is 44.9 Å². The molecule has 0 unspecified atom stereocenters. The smallest absolute Gasteiger partial charge is 0.256 e. The molecule has 0 radical (unpaired) electrons. The molecule has 0 saturated heterocycles. The van der Waals surface area contributed by atoms with Crippen LogP contribution < -0.4 is 10.2 Å². The van der Waals surface area contributed by atoms with Gasteiger partial charge in [-0.1, -0.05) is 29.3 Å². The van der Waals surface area contributed by atoms with Gasteiger partial charge >= 0.3 is 0 Å². The number of Topliss-reactive ketones (excluding diaryl/α,β-unsaturated/α-hetero) is 1. The number of rotatable bonds is 7. The van der Waals surface area contributed by atoms with Crippen LogP contribution in [0, 0.1) is 5.82 Å². The van der Waals surface area contributed by atoms with Crippen LogP contribution in [0.25, 0.3) is 0 Å². The number of amides is 1. The third kappa shape index (κ3) is 5.53. The molecule has 0 saturated carbocycles. The lowest BCUT2D eigenvalue weighted by Gasteiger charge is -2.21. The van der Waals surface area contributed by atoms with Crippen LogP contribution >= 0.6 is 23.2 Å². The van der Waals surface area contributed by atoms with Gasteiger partial charge in [-0.15, -0.1) is 0 Å². The highest BCUT2D eigenvalue weighted by Gasteiger charge is 2.23. The molecule has 0 atom stereocenters. The molecule has 0 aliphatic carbocycles. The summed E-state index contributed by atoms with van der Waals surface area (Å²) < 4.78 is 15.1. The van der Waals surface area contributed by atoms with E-state index < -0.39 is 17.5 Å². The number of carbonyl (C=O) groups is 2. The Balaban J connectivity index is 1.67. The van der Waals surface area contributed by atoms with E-state index in [-0.39, 0.29) is 17.5 Å². The molecule has 1 N–H and O–H groups in total. The van der Waals surface area contributed by atoms with Crippen molar-refractivity contribution in [3.8, 4) is 0 Å². The predicted octanol–water partition coefficient (Wildman–Crippen LogP) is 5.57. The van der Waals surface area contributed by atoms with Gasteiger partial charge in [-0.05, 0) is 54.1 Å². The number of carbonyl (C=O) groups excluding carboxylic acids is 2. The fourth-order valence-electron chi connectivity index (χ4n) is 4.12. The molecule has 36 heavy (non-hydrogen) atoms. The van der Waals surface area contributed by atoms with Crippen LogP contribution in [-0.4, -0.2) is 56.7 Å². The minimum absolute atomic E-state index is 0.0521. The molecule has 1 heterocycles. The quantitative estimate of drug-likeness (QED) is 0.409. The van der Waals surface area contributed by atoms with Crippen LogP contribution in [0.15, 0.2) is 59.6 Å². The summed E-state index contributed by atoms with van der Waals surface area (Å²) in [6, 6.07) is 14.3. The van der Waals surface area contributed by atoms with Gasteiger partial charge in [-0.2, -0.15) is 0 Å². The number of benzene rings is 3. The van der Waals surface area contributed by atoms with Crippen LogP contribution in [0.4, 0.5) is 15.8 Å². The number of likely N-dealkylation sites (N-methyl/N-ethyl adjacent to an activating group) is 1. The van der Waals surface area contributed by atoms with Gasteiger partial charge in [-0.3, -0.25) is 14.6 Å². The average Bonchev–Trinajstić information content (AvgIpc) is 3.26. The molecule has 3 aromatic carbocycles. The zero-order chi connectivity index (χ0) is 26.0. The van der Waals surface area contributed by atoms with E-state index in [0.717, 1.165) is 6.54 Å². The van der Waals surface area contributed by atoms with Gasteiger partial charge in [-0.25, -0.2) is 4.39 Å². The van der Waals surface area contributed by atoms with Gasteiger partial charge in [0.25, 0.3) is 5.91 Å². The summed E-state index contributed by atoms with van der Waals surface area (Å²) in [5.74, 6) is -0.828. The molecule has 0 spiro atoms. The summed E-state index contributed by atoms with van der Waals surface area (Å²) >= 11 is 12.3. The van der Waals surface area contributed by atoms with Crippen molar-refractivity contribution < 1.29 is 14.0 Å². The lowest BCUT2D eigenvalue weighted by molar-refractivity contribution is 0.0989. The Bertz CT molecular complexity index is 1360. The van der Waals surface area contributed by atoms with E-state index in [2.05, 4.69) is 10.3 Å². The number of hydrogen-bond acceptors (Lipinski definition) is 5. The van der Waals surface area contributed by atoms with Gasteiger partial charge in [0.15, 0.2) is 5.78 Å². The topological polar surface area (TPSA) is 65.0 Å². The third-order valence-electron chi connectivity index (χ3n) is 5.94. The van der Waals surface area contributed by atoms with Crippen molar-refractivity contribution in [2.24, 2.45) is 4.99 Å². The maximum atomic E-state index is 15.1. The van der Waals surface area contributed by atoms with Crippen molar-refractivity contribution in [1.29, 1.82) is 0 Å². The molecule has 1 aliphatic heterocycles. The highest BCUT2D eigenvalue weighted by molar-refractivity contribution is 6.31. The highest BCUT2D eigenvalue weighted by atomic mass is 35.5. The first-order valence-electron chi connectivity index (χ1n) is 11.3. The Morgan fingerprint density at radius 1 is 1.03 bits per heavy atom. The van der Waals surface area contributed by atoms with Crippen LogP contribution in [0.5, 0.6) is 0 Å². The molecule has 1 aliphatic rings. The van der Waals surface area contributed by atoms with E-state index >= 15 is 4.39 Å². The fraction of sp³-hybridized carbons (Fsp3) is 0.222. The zero-order valence-corrected chi connectivity index (χ0v) is 21.6. The first-order valence-corrected chi connectivity index (χ1v) is 12.0. The zero-order valence-electron chi connectivity index (χ0n) is 20.1. The largest absolute Gasteiger partial charge is 0.377 e. The summed E-state index contributed by atoms with van der Waals surface area (Å²) in [5, 5.41) is 3.69. The minimum Gasteiger partial charge on any atom is -0.377 e. The van der Waals surface area contributed by atoms with Crippen LogP contribution in [-0.2, 0) is 6.42 Å². The van der Waals surface area contributed by atoms with Crippen molar-refractivity contribution in [2.45, 2.75) is 6.42 Å². The van der Waals surface area contributed by atoms with Crippen molar-refractivity contribution in [3.63, 3.8) is 0 Å². The van der Waals surface area contributed by atoms with E-state index in [9.17, 15) is 9.59 Å². The first-order chi connectivity index (χ1) is 17.1. The molecule has 9 heteroatoms. The fourth-order valence-corrected chi connectivity index (χ4v) is 4.46. The van der Waals surface area contributed by atoms with Crippen molar-refractivity contribution in [2.75, 3.05) is 44.4 Å². The SMILES string of the molecule is CN1CCN=C1c1ccc(C(=O)Cc2c(C(=O)Nc3ccc(Cl)cc3)cc(Cl)cc2N(C)C)c(F)c1. The molecular weight excluding hydrogens is 502 g/mol. The van der Waals surface area contributed by atoms with Crippen LogP contribution in [0.2, 0.25) is 10.0 Å². The Kier molecular flexibility index (Phi) is 7.62. The minimum atomic E-state index is -0.631. The Morgan fingerprint density at radius 2 is 1.75 bits per heavy atom. The highest BCUT2D eigenvalue weighted by Crippen LogP contribution is 2.30. The third-order valence-corrected chi connectivity index (χ3v) is 6.41. The Morgan fingerprint density at radius 3 is 2.36 bits per heavy atom. The standard InChI is InChI=1S/C27H25Cl2FN4O2/c1-33(2)24-14-18(29)13-22(27(36)32-19-7-5-17(28)6-8-19)21(24)15-25(35)20-9-4-16(12-23(20)30)26-31-10-11-34(26)3/h4-9,12-14H,10-11,15H2,1-3H3,(H,32,36). The second kappa shape index (κ2) is 10.7. The average molecular weight is 527 g/mol. The summed E-state index contributed by atoms with van der Waals surface area (Å²) in [4.78, 5) is 34.6. The second-order valence-corrected chi connectivity index (χ2v) is 9.60. The molecule has 1 amide bonds. The normalized spacial score (nSPS) is 12.9. The van der Waals surface area contributed by atoms with E-state index in [4.69, 9.17) is 23.2 Å². The Hall–Kier alpha value is -3.42. The van der Waals surface area contributed by atoms with Gasteiger partial charge in [0, 0.05) is 66.7 Å². The van der Waals surface area contributed by atoms with Gasteiger partial charge < -0.3 is 15.1 Å². The monoisotopic (exact) mass is 526 g/mol. The molecule has 0 aromatic heterocycles. The van der Waals surface area contributed by atoms with Crippen molar-refractivity contribution >= 4 is 52.1 Å². The summed E-state index contributed by atoms with van der Waals surface area (Å²) in [6.45, 7) is 1.42. The molecule has 4 rings (SSSR count). The number of halogens is 3. The maximum Gasteiger partial charge on any atom is 0.256 e. The predicted molar refractivity (Wildman–Crippen MR) is 144 cm³/mol. The summed E-state index contributed by atoms with van der Waals surface area (Å²) in [6.07, 6.45) is -0.189. The van der Waals surface area contributed by atoms with Crippen LogP contribution in [0.3, 0.4) is 0 Å². The number of ketones is 1. The lowest BCUT2D eigenvalue weighted by atomic mass is 9.95.